The lowest BCUT2D eigenvalue weighted by atomic mass is 9.87. The number of hydrogen-bond acceptors (Lipinski definition) is 3. The number of hydrogen-bond donors (Lipinski definition) is 3. The van der Waals surface area contributed by atoms with E-state index in [0.717, 1.165) is 38.0 Å². The number of aromatic amines is 1. The molecule has 3 N–H and O–H groups in total. The summed E-state index contributed by atoms with van der Waals surface area (Å²) in [5.74, 6) is 0.559. The number of aliphatic hydroxyl groups is 1. The Morgan fingerprint density at radius 3 is 2.95 bits per heavy atom. The van der Waals surface area contributed by atoms with Crippen LogP contribution in [-0.4, -0.2) is 47.6 Å². The van der Waals surface area contributed by atoms with E-state index in [1.165, 1.54) is 6.42 Å². The van der Waals surface area contributed by atoms with Gasteiger partial charge in [-0.15, -0.1) is 0 Å². The highest BCUT2D eigenvalue weighted by molar-refractivity contribution is 5.92. The van der Waals surface area contributed by atoms with Crippen LogP contribution in [0.4, 0.5) is 0 Å². The third kappa shape index (κ3) is 4.08. The van der Waals surface area contributed by atoms with Gasteiger partial charge in [0.05, 0.1) is 6.10 Å². The standard InChI is InChI=1S/C15H25N3O2/c1-18(2)15(20)14-7-6-12(17-14)10-16-9-11-4-3-5-13(19)8-11/h6-7,11,13,16-17,19H,3-5,8-10H2,1-2H3. The normalized spacial score (nSPS) is 22.8. The van der Waals surface area contributed by atoms with Gasteiger partial charge in [0.25, 0.3) is 5.91 Å². The maximum absolute atomic E-state index is 11.8. The lowest BCUT2D eigenvalue weighted by molar-refractivity contribution is 0.0822. The summed E-state index contributed by atoms with van der Waals surface area (Å²) < 4.78 is 0. The predicted octanol–water partition coefficient (Wildman–Crippen LogP) is 1.36. The molecule has 1 aromatic heterocycles. The van der Waals surface area contributed by atoms with Crippen molar-refractivity contribution in [3.63, 3.8) is 0 Å². The number of carbonyl (C=O) groups excluding carboxylic acids is 1. The summed E-state index contributed by atoms with van der Waals surface area (Å²) in [5.41, 5.74) is 1.64. The number of aliphatic hydroxyl groups excluding tert-OH is 1. The Bertz CT molecular complexity index is 442. The molecule has 1 amide bonds. The van der Waals surface area contributed by atoms with Crippen molar-refractivity contribution in [2.45, 2.75) is 38.3 Å². The molecular weight excluding hydrogens is 254 g/mol. The van der Waals surface area contributed by atoms with Gasteiger partial charge in [-0.2, -0.15) is 0 Å². The zero-order valence-corrected chi connectivity index (χ0v) is 12.4. The summed E-state index contributed by atoms with van der Waals surface area (Å²) in [5, 5.41) is 13.0. The Morgan fingerprint density at radius 1 is 1.45 bits per heavy atom. The van der Waals surface area contributed by atoms with Gasteiger partial charge in [0.2, 0.25) is 0 Å². The fourth-order valence-electron chi connectivity index (χ4n) is 2.77. The van der Waals surface area contributed by atoms with E-state index >= 15 is 0 Å². The van der Waals surface area contributed by atoms with E-state index in [0.29, 0.717) is 11.6 Å². The molecule has 0 aliphatic heterocycles. The van der Waals surface area contributed by atoms with Crippen LogP contribution in [0.1, 0.15) is 41.9 Å². The lowest BCUT2D eigenvalue weighted by Gasteiger charge is -2.25. The van der Waals surface area contributed by atoms with E-state index in [2.05, 4.69) is 10.3 Å². The van der Waals surface area contributed by atoms with Crippen LogP contribution >= 0.6 is 0 Å². The molecule has 1 aliphatic rings. The zero-order chi connectivity index (χ0) is 14.5. The van der Waals surface area contributed by atoms with Crippen LogP contribution in [0, 0.1) is 5.92 Å². The Balaban J connectivity index is 1.75. The molecule has 0 saturated heterocycles. The first-order chi connectivity index (χ1) is 9.56. The number of nitrogens with one attached hydrogen (secondary N) is 2. The molecule has 1 fully saturated rings. The van der Waals surface area contributed by atoms with Crippen LogP contribution < -0.4 is 5.32 Å². The van der Waals surface area contributed by atoms with Gasteiger partial charge in [-0.05, 0) is 43.9 Å². The molecule has 0 spiro atoms. The van der Waals surface area contributed by atoms with E-state index < -0.39 is 0 Å². The fourth-order valence-corrected chi connectivity index (χ4v) is 2.77. The smallest absolute Gasteiger partial charge is 0.269 e. The summed E-state index contributed by atoms with van der Waals surface area (Å²) in [7, 11) is 3.49. The molecule has 112 valence electrons. The first kappa shape index (κ1) is 15.1. The van der Waals surface area contributed by atoms with Crippen LogP contribution in [0.3, 0.4) is 0 Å². The molecule has 20 heavy (non-hydrogen) atoms. The van der Waals surface area contributed by atoms with Crippen molar-refractivity contribution in [3.05, 3.63) is 23.5 Å². The monoisotopic (exact) mass is 279 g/mol. The Morgan fingerprint density at radius 2 is 2.25 bits per heavy atom. The first-order valence-corrected chi connectivity index (χ1v) is 7.34. The van der Waals surface area contributed by atoms with Gasteiger partial charge < -0.3 is 20.3 Å². The summed E-state index contributed by atoms with van der Waals surface area (Å²) in [6, 6.07) is 3.77. The molecule has 1 aromatic rings. The summed E-state index contributed by atoms with van der Waals surface area (Å²) in [6.45, 7) is 1.65. The summed E-state index contributed by atoms with van der Waals surface area (Å²) >= 11 is 0. The van der Waals surface area contributed by atoms with Crippen LogP contribution in [-0.2, 0) is 6.54 Å². The van der Waals surface area contributed by atoms with Gasteiger partial charge in [-0.1, -0.05) is 6.42 Å². The maximum atomic E-state index is 11.8. The van der Waals surface area contributed by atoms with Crippen molar-refractivity contribution in [2.24, 2.45) is 5.92 Å². The number of rotatable bonds is 5. The predicted molar refractivity (Wildman–Crippen MR) is 78.5 cm³/mol. The van der Waals surface area contributed by atoms with Gasteiger partial charge in [0.1, 0.15) is 5.69 Å². The highest BCUT2D eigenvalue weighted by Crippen LogP contribution is 2.23. The number of carbonyl (C=O) groups is 1. The Kier molecular flexibility index (Phi) is 5.20. The Labute approximate surface area is 120 Å². The lowest BCUT2D eigenvalue weighted by Crippen LogP contribution is -2.29. The molecule has 1 heterocycles. The molecule has 0 bridgehead atoms. The molecule has 2 unspecified atom stereocenters. The van der Waals surface area contributed by atoms with Gasteiger partial charge in [-0.3, -0.25) is 4.79 Å². The van der Waals surface area contributed by atoms with Crippen LogP contribution in [0.25, 0.3) is 0 Å². The number of nitrogens with zero attached hydrogens (tertiary/aromatic N) is 1. The van der Waals surface area contributed by atoms with Gasteiger partial charge in [0, 0.05) is 26.3 Å². The van der Waals surface area contributed by atoms with E-state index in [9.17, 15) is 9.90 Å². The summed E-state index contributed by atoms with van der Waals surface area (Å²) in [4.78, 5) is 16.5. The fraction of sp³-hybridized carbons (Fsp3) is 0.667. The molecule has 5 nitrogen and oxygen atoms in total. The second-order valence-electron chi connectivity index (χ2n) is 5.91. The SMILES string of the molecule is CN(C)C(=O)c1ccc(CNCC2CCCC(O)C2)[nH]1. The van der Waals surface area contributed by atoms with Gasteiger partial charge in [0.15, 0.2) is 0 Å². The average molecular weight is 279 g/mol. The third-order valence-corrected chi connectivity index (χ3v) is 3.89. The van der Waals surface area contributed by atoms with Crippen LogP contribution in [0.2, 0.25) is 0 Å². The number of H-pyrrole nitrogens is 1. The Hall–Kier alpha value is -1.33. The van der Waals surface area contributed by atoms with Crippen molar-refractivity contribution in [2.75, 3.05) is 20.6 Å². The number of amides is 1. The molecule has 1 aliphatic carbocycles. The zero-order valence-electron chi connectivity index (χ0n) is 12.4. The van der Waals surface area contributed by atoms with Crippen LogP contribution in [0.15, 0.2) is 12.1 Å². The quantitative estimate of drug-likeness (QED) is 0.762. The van der Waals surface area contributed by atoms with Crippen molar-refractivity contribution in [3.8, 4) is 0 Å². The van der Waals surface area contributed by atoms with Gasteiger partial charge in [-0.25, -0.2) is 0 Å². The largest absolute Gasteiger partial charge is 0.393 e. The average Bonchev–Trinajstić information content (AvgIpc) is 2.86. The van der Waals surface area contributed by atoms with E-state index in [4.69, 9.17) is 0 Å². The van der Waals surface area contributed by atoms with Crippen molar-refractivity contribution < 1.29 is 9.90 Å². The van der Waals surface area contributed by atoms with Gasteiger partial charge >= 0.3 is 0 Å². The molecular formula is C15H25N3O2. The second-order valence-corrected chi connectivity index (χ2v) is 5.91. The topological polar surface area (TPSA) is 68.4 Å². The third-order valence-electron chi connectivity index (χ3n) is 3.89. The van der Waals surface area contributed by atoms with E-state index in [1.807, 2.05) is 12.1 Å². The molecule has 5 heteroatoms. The minimum atomic E-state index is -0.120. The molecule has 2 rings (SSSR count). The number of aromatic nitrogens is 1. The molecule has 0 radical (unpaired) electrons. The highest BCUT2D eigenvalue weighted by Gasteiger charge is 2.19. The summed E-state index contributed by atoms with van der Waals surface area (Å²) in [6.07, 6.45) is 4.05. The maximum Gasteiger partial charge on any atom is 0.269 e. The van der Waals surface area contributed by atoms with E-state index in [-0.39, 0.29) is 12.0 Å². The van der Waals surface area contributed by atoms with Crippen molar-refractivity contribution in [1.82, 2.24) is 15.2 Å². The molecule has 0 aromatic carbocycles. The first-order valence-electron chi connectivity index (χ1n) is 7.34. The minimum Gasteiger partial charge on any atom is -0.393 e. The minimum absolute atomic E-state index is 0.00773. The second kappa shape index (κ2) is 6.90. The van der Waals surface area contributed by atoms with E-state index in [1.54, 1.807) is 19.0 Å². The molecule has 2 atom stereocenters. The van der Waals surface area contributed by atoms with Crippen LogP contribution in [0.5, 0.6) is 0 Å². The molecule has 1 saturated carbocycles. The highest BCUT2D eigenvalue weighted by atomic mass is 16.3. The van der Waals surface area contributed by atoms with Crippen molar-refractivity contribution in [1.29, 1.82) is 0 Å². The van der Waals surface area contributed by atoms with Crippen molar-refractivity contribution >= 4 is 5.91 Å².